The Morgan fingerprint density at radius 3 is 2.95 bits per heavy atom. The van der Waals surface area contributed by atoms with Crippen LogP contribution in [0.15, 0.2) is 18.2 Å². The van der Waals surface area contributed by atoms with Crippen LogP contribution >= 0.6 is 22.9 Å². The maximum Gasteiger partial charge on any atom is 0.147 e. The van der Waals surface area contributed by atoms with Gasteiger partial charge in [-0.25, -0.2) is 4.39 Å². The summed E-state index contributed by atoms with van der Waals surface area (Å²) in [5.74, 6) is -0.428. The molecule has 0 radical (unpaired) electrons. The van der Waals surface area contributed by atoms with Crippen LogP contribution in [0.5, 0.6) is 0 Å². The maximum atomic E-state index is 13.4. The molecule has 0 atom stereocenters. The highest BCUT2D eigenvalue weighted by Crippen LogP contribution is 2.27. The summed E-state index contributed by atoms with van der Waals surface area (Å²) < 4.78 is 13.4. The van der Waals surface area contributed by atoms with E-state index in [1.807, 2.05) is 0 Å². The number of nitrogens with zero attached hydrogens (tertiary/aromatic N) is 2. The molecule has 1 heterocycles. The zero-order valence-corrected chi connectivity index (χ0v) is 12.2. The predicted octanol–water partition coefficient (Wildman–Crippen LogP) is 3.54. The lowest BCUT2D eigenvalue weighted by Gasteiger charge is -1.98. The second-order valence-corrected chi connectivity index (χ2v) is 5.56. The van der Waals surface area contributed by atoms with E-state index in [4.69, 9.17) is 11.6 Å². The number of benzene rings is 1. The van der Waals surface area contributed by atoms with Gasteiger partial charge in [0.15, 0.2) is 0 Å². The van der Waals surface area contributed by atoms with Crippen LogP contribution in [-0.4, -0.2) is 23.3 Å². The molecule has 2 rings (SSSR count). The Kier molecular flexibility index (Phi) is 5.24. The van der Waals surface area contributed by atoms with Gasteiger partial charge < -0.3 is 5.32 Å². The zero-order valence-electron chi connectivity index (χ0n) is 10.6. The second-order valence-electron chi connectivity index (χ2n) is 4.09. The maximum absolute atomic E-state index is 13.4. The first kappa shape index (κ1) is 14.4. The topological polar surface area (TPSA) is 37.8 Å². The van der Waals surface area contributed by atoms with Crippen LogP contribution in [0, 0.1) is 5.82 Å². The predicted molar refractivity (Wildman–Crippen MR) is 77.2 cm³/mol. The monoisotopic (exact) mass is 299 g/mol. The third-order valence-electron chi connectivity index (χ3n) is 2.63. The molecule has 2 aromatic rings. The molecule has 0 spiro atoms. The third-order valence-corrected chi connectivity index (χ3v) is 3.97. The summed E-state index contributed by atoms with van der Waals surface area (Å²) in [6.45, 7) is 4.03. The van der Waals surface area contributed by atoms with Crippen LogP contribution in [0.2, 0.25) is 5.02 Å². The third kappa shape index (κ3) is 3.96. The van der Waals surface area contributed by atoms with E-state index in [1.165, 1.54) is 17.4 Å². The van der Waals surface area contributed by atoms with Crippen molar-refractivity contribution in [2.45, 2.75) is 19.8 Å². The van der Waals surface area contributed by atoms with Crippen molar-refractivity contribution in [3.63, 3.8) is 0 Å². The molecule has 0 aliphatic rings. The van der Waals surface area contributed by atoms with Crippen LogP contribution in [0.4, 0.5) is 4.39 Å². The van der Waals surface area contributed by atoms with Gasteiger partial charge >= 0.3 is 0 Å². The summed E-state index contributed by atoms with van der Waals surface area (Å²) in [4.78, 5) is 0. The SMILES string of the molecule is CCNCCCc1nnc(-c2ccc(Cl)c(F)c2)s1. The van der Waals surface area contributed by atoms with Crippen molar-refractivity contribution >= 4 is 22.9 Å². The second kappa shape index (κ2) is 6.93. The van der Waals surface area contributed by atoms with E-state index >= 15 is 0 Å². The minimum absolute atomic E-state index is 0.124. The summed E-state index contributed by atoms with van der Waals surface area (Å²) in [5, 5.41) is 13.3. The first-order valence-corrected chi connectivity index (χ1v) is 7.38. The molecule has 0 bridgehead atoms. The van der Waals surface area contributed by atoms with Crippen LogP contribution in [0.25, 0.3) is 10.6 Å². The highest BCUT2D eigenvalue weighted by atomic mass is 35.5. The lowest BCUT2D eigenvalue weighted by atomic mass is 10.2. The Morgan fingerprint density at radius 1 is 1.37 bits per heavy atom. The first-order valence-electron chi connectivity index (χ1n) is 6.19. The molecule has 1 aromatic heterocycles. The molecule has 3 nitrogen and oxygen atoms in total. The molecule has 0 aliphatic heterocycles. The number of rotatable bonds is 6. The molecule has 0 saturated heterocycles. The van der Waals surface area contributed by atoms with E-state index in [-0.39, 0.29) is 5.02 Å². The van der Waals surface area contributed by atoms with Gasteiger partial charge in [-0.1, -0.05) is 35.9 Å². The fourth-order valence-electron chi connectivity index (χ4n) is 1.64. The Labute approximate surface area is 120 Å². The highest BCUT2D eigenvalue weighted by molar-refractivity contribution is 7.14. The standard InChI is InChI=1S/C13H15ClFN3S/c1-2-16-7-3-4-12-17-18-13(19-12)9-5-6-10(14)11(15)8-9/h5-6,8,16H,2-4,7H2,1H3. The minimum atomic E-state index is -0.428. The van der Waals surface area contributed by atoms with Crippen LogP contribution < -0.4 is 5.32 Å². The molecular weight excluding hydrogens is 285 g/mol. The Hall–Kier alpha value is -1.04. The van der Waals surface area contributed by atoms with E-state index in [9.17, 15) is 4.39 Å². The molecule has 1 aromatic carbocycles. The van der Waals surface area contributed by atoms with E-state index in [1.54, 1.807) is 12.1 Å². The number of hydrogen-bond acceptors (Lipinski definition) is 4. The van der Waals surface area contributed by atoms with Gasteiger partial charge in [0, 0.05) is 12.0 Å². The summed E-state index contributed by atoms with van der Waals surface area (Å²) in [6.07, 6.45) is 1.91. The average molecular weight is 300 g/mol. The lowest BCUT2D eigenvalue weighted by Crippen LogP contribution is -2.14. The van der Waals surface area contributed by atoms with Crippen molar-refractivity contribution in [1.82, 2.24) is 15.5 Å². The van der Waals surface area contributed by atoms with Gasteiger partial charge in [0.05, 0.1) is 5.02 Å². The summed E-state index contributed by atoms with van der Waals surface area (Å²) in [6, 6.07) is 4.69. The van der Waals surface area contributed by atoms with E-state index in [0.717, 1.165) is 41.5 Å². The largest absolute Gasteiger partial charge is 0.317 e. The molecule has 102 valence electrons. The highest BCUT2D eigenvalue weighted by Gasteiger charge is 2.09. The summed E-state index contributed by atoms with van der Waals surface area (Å²) >= 11 is 7.16. The normalized spacial score (nSPS) is 10.9. The fourth-order valence-corrected chi connectivity index (χ4v) is 2.64. The lowest BCUT2D eigenvalue weighted by molar-refractivity contribution is 0.628. The van der Waals surface area contributed by atoms with Crippen LogP contribution in [0.3, 0.4) is 0 Å². The van der Waals surface area contributed by atoms with E-state index in [0.29, 0.717) is 0 Å². The van der Waals surface area contributed by atoms with Gasteiger partial charge in [0.25, 0.3) is 0 Å². The van der Waals surface area contributed by atoms with Crippen LogP contribution in [-0.2, 0) is 6.42 Å². The van der Waals surface area contributed by atoms with Gasteiger partial charge in [-0.3, -0.25) is 0 Å². The van der Waals surface area contributed by atoms with Crippen molar-refractivity contribution in [3.8, 4) is 10.6 Å². The Balaban J connectivity index is 2.01. The molecule has 0 fully saturated rings. The van der Waals surface area contributed by atoms with Crippen molar-refractivity contribution in [2.24, 2.45) is 0 Å². The van der Waals surface area contributed by atoms with Crippen molar-refractivity contribution < 1.29 is 4.39 Å². The van der Waals surface area contributed by atoms with Crippen molar-refractivity contribution in [2.75, 3.05) is 13.1 Å². The number of halogens is 2. The average Bonchev–Trinajstić information content (AvgIpc) is 2.87. The van der Waals surface area contributed by atoms with Gasteiger partial charge in [-0.15, -0.1) is 10.2 Å². The minimum Gasteiger partial charge on any atom is -0.317 e. The summed E-state index contributed by atoms with van der Waals surface area (Å²) in [7, 11) is 0. The molecule has 0 aliphatic carbocycles. The van der Waals surface area contributed by atoms with E-state index < -0.39 is 5.82 Å². The van der Waals surface area contributed by atoms with Crippen molar-refractivity contribution in [1.29, 1.82) is 0 Å². The number of aromatic nitrogens is 2. The molecule has 6 heteroatoms. The fraction of sp³-hybridized carbons (Fsp3) is 0.385. The van der Waals surface area contributed by atoms with Gasteiger partial charge in [-0.2, -0.15) is 0 Å². The van der Waals surface area contributed by atoms with E-state index in [2.05, 4.69) is 22.4 Å². The summed E-state index contributed by atoms with van der Waals surface area (Å²) in [5.41, 5.74) is 0.720. The van der Waals surface area contributed by atoms with Gasteiger partial charge in [-0.05, 0) is 31.6 Å². The zero-order chi connectivity index (χ0) is 13.7. The Morgan fingerprint density at radius 2 is 2.21 bits per heavy atom. The quantitative estimate of drug-likeness (QED) is 0.829. The van der Waals surface area contributed by atoms with Gasteiger partial charge in [0.2, 0.25) is 0 Å². The van der Waals surface area contributed by atoms with Crippen molar-refractivity contribution in [3.05, 3.63) is 34.0 Å². The first-order chi connectivity index (χ1) is 9.20. The molecule has 19 heavy (non-hydrogen) atoms. The molecule has 0 unspecified atom stereocenters. The van der Waals surface area contributed by atoms with Crippen LogP contribution in [0.1, 0.15) is 18.4 Å². The number of aryl methyl sites for hydroxylation is 1. The molecule has 0 saturated carbocycles. The molecular formula is C13H15ClFN3S. The molecule has 1 N–H and O–H groups in total. The number of hydrogen-bond donors (Lipinski definition) is 1. The smallest absolute Gasteiger partial charge is 0.147 e. The molecule has 0 amide bonds. The number of nitrogens with one attached hydrogen (secondary N) is 1. The van der Waals surface area contributed by atoms with Gasteiger partial charge in [0.1, 0.15) is 15.8 Å². The Bertz CT molecular complexity index is 544.